The van der Waals surface area contributed by atoms with Gasteiger partial charge in [-0.15, -0.1) is 0 Å². The lowest BCUT2D eigenvalue weighted by molar-refractivity contribution is -0.385. The number of nitrogens with two attached hydrogens (primary N) is 1. The van der Waals surface area contributed by atoms with Crippen molar-refractivity contribution in [1.82, 2.24) is 10.3 Å². The first-order valence-corrected chi connectivity index (χ1v) is 6.48. The molecule has 20 heavy (non-hydrogen) atoms. The highest BCUT2D eigenvalue weighted by molar-refractivity contribution is 5.85. The quantitative estimate of drug-likeness (QED) is 0.580. The van der Waals surface area contributed by atoms with Crippen LogP contribution in [-0.2, 0) is 4.79 Å². The van der Waals surface area contributed by atoms with Gasteiger partial charge in [0, 0.05) is 25.7 Å². The molecule has 0 radical (unpaired) electrons. The van der Waals surface area contributed by atoms with Gasteiger partial charge in [-0.3, -0.25) is 14.9 Å². The van der Waals surface area contributed by atoms with Crippen LogP contribution < -0.4 is 16.0 Å². The van der Waals surface area contributed by atoms with Gasteiger partial charge < -0.3 is 16.0 Å². The van der Waals surface area contributed by atoms with Crippen LogP contribution in [0.4, 0.5) is 11.5 Å². The number of amides is 1. The van der Waals surface area contributed by atoms with Crippen molar-refractivity contribution < 1.29 is 9.72 Å². The van der Waals surface area contributed by atoms with E-state index in [9.17, 15) is 14.9 Å². The number of anilines is 1. The number of hydrogen-bond acceptors (Lipinski definition) is 6. The molecule has 1 amide bonds. The second kappa shape index (κ2) is 6.29. The average Bonchev–Trinajstić information content (AvgIpc) is 2.94. The Morgan fingerprint density at radius 2 is 2.40 bits per heavy atom. The highest BCUT2D eigenvalue weighted by Gasteiger charge is 2.31. The minimum absolute atomic E-state index is 0.0583. The van der Waals surface area contributed by atoms with Gasteiger partial charge >= 0.3 is 0 Å². The molecule has 1 aromatic rings. The predicted molar refractivity (Wildman–Crippen MR) is 73.3 cm³/mol. The summed E-state index contributed by atoms with van der Waals surface area (Å²) in [5.41, 5.74) is 5.30. The van der Waals surface area contributed by atoms with E-state index in [1.807, 2.05) is 4.90 Å². The van der Waals surface area contributed by atoms with Crippen LogP contribution in [0.15, 0.2) is 18.3 Å². The van der Waals surface area contributed by atoms with Gasteiger partial charge in [0.1, 0.15) is 18.1 Å². The van der Waals surface area contributed by atoms with Gasteiger partial charge in [0.05, 0.1) is 4.92 Å². The summed E-state index contributed by atoms with van der Waals surface area (Å²) in [6.45, 7) is 1.55. The lowest BCUT2D eigenvalue weighted by Gasteiger charge is -2.24. The molecule has 0 saturated carbocycles. The number of aromatic nitrogens is 1. The molecule has 8 heteroatoms. The molecule has 108 valence electrons. The normalized spacial score (nSPS) is 18.1. The summed E-state index contributed by atoms with van der Waals surface area (Å²) in [4.78, 5) is 28.1. The van der Waals surface area contributed by atoms with E-state index in [2.05, 4.69) is 10.3 Å². The first-order valence-electron chi connectivity index (χ1n) is 6.48. The number of nitrogens with one attached hydrogen (secondary N) is 1. The SMILES string of the molecule is NCCNC(=O)C1CCCN1c1ccc([N+](=O)[O-])cn1. The topological polar surface area (TPSA) is 114 Å². The monoisotopic (exact) mass is 279 g/mol. The Balaban J connectivity index is 2.10. The van der Waals surface area contributed by atoms with E-state index < -0.39 is 4.92 Å². The van der Waals surface area contributed by atoms with Gasteiger partial charge in [-0.05, 0) is 18.9 Å². The van der Waals surface area contributed by atoms with Gasteiger partial charge in [0.15, 0.2) is 0 Å². The zero-order chi connectivity index (χ0) is 14.5. The fourth-order valence-corrected chi connectivity index (χ4v) is 2.28. The molecule has 0 aromatic carbocycles. The third kappa shape index (κ3) is 3.02. The summed E-state index contributed by atoms with van der Waals surface area (Å²) in [7, 11) is 0. The van der Waals surface area contributed by atoms with Gasteiger partial charge in [0.25, 0.3) is 5.69 Å². The van der Waals surface area contributed by atoms with Gasteiger partial charge in [-0.25, -0.2) is 4.98 Å². The van der Waals surface area contributed by atoms with Crippen LogP contribution >= 0.6 is 0 Å². The standard InChI is InChI=1S/C12H17N5O3/c13-5-6-14-12(18)10-2-1-7-16(10)11-4-3-9(8-15-11)17(19)20/h3-4,8,10H,1-2,5-7,13H2,(H,14,18). The molecule has 0 aliphatic carbocycles. The van der Waals surface area contributed by atoms with Crippen molar-refractivity contribution >= 4 is 17.4 Å². The zero-order valence-corrected chi connectivity index (χ0v) is 11.0. The van der Waals surface area contributed by atoms with Crippen LogP contribution in [-0.4, -0.2) is 41.5 Å². The van der Waals surface area contributed by atoms with Crippen molar-refractivity contribution in [3.05, 3.63) is 28.4 Å². The van der Waals surface area contributed by atoms with Crippen LogP contribution in [0.1, 0.15) is 12.8 Å². The van der Waals surface area contributed by atoms with Crippen LogP contribution in [0, 0.1) is 10.1 Å². The molecule has 1 aliphatic heterocycles. The Hall–Kier alpha value is -2.22. The highest BCUT2D eigenvalue weighted by Crippen LogP contribution is 2.25. The van der Waals surface area contributed by atoms with E-state index >= 15 is 0 Å². The smallest absolute Gasteiger partial charge is 0.287 e. The van der Waals surface area contributed by atoms with E-state index in [1.165, 1.54) is 12.3 Å². The maximum absolute atomic E-state index is 12.0. The van der Waals surface area contributed by atoms with E-state index in [0.29, 0.717) is 25.5 Å². The molecule has 1 unspecified atom stereocenters. The molecule has 1 aromatic heterocycles. The molecule has 3 N–H and O–H groups in total. The first-order chi connectivity index (χ1) is 9.63. The third-order valence-electron chi connectivity index (χ3n) is 3.24. The number of hydrogen-bond donors (Lipinski definition) is 2. The number of nitro groups is 1. The van der Waals surface area contributed by atoms with Crippen LogP contribution in [0.3, 0.4) is 0 Å². The number of nitrogens with zero attached hydrogens (tertiary/aromatic N) is 3. The molecular formula is C12H17N5O3. The molecular weight excluding hydrogens is 262 g/mol. The zero-order valence-electron chi connectivity index (χ0n) is 11.0. The second-order valence-electron chi connectivity index (χ2n) is 4.56. The summed E-state index contributed by atoms with van der Waals surface area (Å²) in [6, 6.07) is 2.69. The summed E-state index contributed by atoms with van der Waals surface area (Å²) >= 11 is 0. The molecule has 1 aliphatic rings. The molecule has 1 fully saturated rings. The Morgan fingerprint density at radius 3 is 3.00 bits per heavy atom. The Labute approximate surface area is 116 Å². The molecule has 0 bridgehead atoms. The average molecular weight is 279 g/mol. The first kappa shape index (κ1) is 14.2. The predicted octanol–water partition coefficient (Wildman–Crippen LogP) is 0.0335. The molecule has 1 atom stereocenters. The Bertz CT molecular complexity index is 490. The summed E-state index contributed by atoms with van der Waals surface area (Å²) in [5.74, 6) is 0.508. The fraction of sp³-hybridized carbons (Fsp3) is 0.500. The minimum Gasteiger partial charge on any atom is -0.353 e. The lowest BCUT2D eigenvalue weighted by Crippen LogP contribution is -2.45. The molecule has 0 spiro atoms. The van der Waals surface area contributed by atoms with Gasteiger partial charge in [-0.1, -0.05) is 0 Å². The van der Waals surface area contributed by atoms with Crippen molar-refractivity contribution in [3.63, 3.8) is 0 Å². The lowest BCUT2D eigenvalue weighted by atomic mass is 10.2. The summed E-state index contributed by atoms with van der Waals surface area (Å²) < 4.78 is 0. The van der Waals surface area contributed by atoms with Crippen LogP contribution in [0.25, 0.3) is 0 Å². The van der Waals surface area contributed by atoms with Gasteiger partial charge in [-0.2, -0.15) is 0 Å². The number of carbonyl (C=O) groups is 1. The second-order valence-corrected chi connectivity index (χ2v) is 4.56. The highest BCUT2D eigenvalue weighted by atomic mass is 16.6. The summed E-state index contributed by atoms with van der Waals surface area (Å²) in [5, 5.41) is 13.4. The molecule has 2 heterocycles. The maximum Gasteiger partial charge on any atom is 0.287 e. The number of rotatable bonds is 5. The van der Waals surface area contributed by atoms with Crippen molar-refractivity contribution in [1.29, 1.82) is 0 Å². The van der Waals surface area contributed by atoms with E-state index in [4.69, 9.17) is 5.73 Å². The van der Waals surface area contributed by atoms with Crippen molar-refractivity contribution in [3.8, 4) is 0 Å². The van der Waals surface area contributed by atoms with Crippen LogP contribution in [0.2, 0.25) is 0 Å². The van der Waals surface area contributed by atoms with Crippen molar-refractivity contribution in [2.75, 3.05) is 24.5 Å². The number of carbonyl (C=O) groups excluding carboxylic acids is 1. The Morgan fingerprint density at radius 1 is 1.60 bits per heavy atom. The molecule has 8 nitrogen and oxygen atoms in total. The largest absolute Gasteiger partial charge is 0.353 e. The van der Waals surface area contributed by atoms with E-state index in [-0.39, 0.29) is 17.6 Å². The van der Waals surface area contributed by atoms with Crippen molar-refractivity contribution in [2.45, 2.75) is 18.9 Å². The minimum atomic E-state index is -0.494. The van der Waals surface area contributed by atoms with Crippen molar-refractivity contribution in [2.24, 2.45) is 5.73 Å². The fourth-order valence-electron chi connectivity index (χ4n) is 2.28. The maximum atomic E-state index is 12.0. The van der Waals surface area contributed by atoms with Gasteiger partial charge in [0.2, 0.25) is 5.91 Å². The van der Waals surface area contributed by atoms with E-state index in [1.54, 1.807) is 6.07 Å². The van der Waals surface area contributed by atoms with Crippen LogP contribution in [0.5, 0.6) is 0 Å². The number of pyridine rings is 1. The Kier molecular flexibility index (Phi) is 4.46. The van der Waals surface area contributed by atoms with E-state index in [0.717, 1.165) is 12.8 Å². The molecule has 1 saturated heterocycles. The summed E-state index contributed by atoms with van der Waals surface area (Å²) in [6.07, 6.45) is 2.84. The molecule has 2 rings (SSSR count). The third-order valence-corrected chi connectivity index (χ3v) is 3.24.